The summed E-state index contributed by atoms with van der Waals surface area (Å²) in [5.74, 6) is -1.04. The maximum Gasteiger partial charge on any atom is 0.323 e. The maximum absolute atomic E-state index is 11.8. The molecule has 0 radical (unpaired) electrons. The van der Waals surface area contributed by atoms with Gasteiger partial charge >= 0.3 is 5.97 Å². The normalized spacial score (nSPS) is 12.2. The molecule has 0 aliphatic heterocycles. The number of carbonyl (C=O) groups excluding carboxylic acids is 1. The predicted molar refractivity (Wildman–Crippen MR) is 87.4 cm³/mol. The van der Waals surface area contributed by atoms with E-state index in [-0.39, 0.29) is 17.3 Å². The molecule has 2 rings (SSSR count). The van der Waals surface area contributed by atoms with E-state index < -0.39 is 11.2 Å². The number of aromatic nitrogens is 1. The summed E-state index contributed by atoms with van der Waals surface area (Å²) < 4.78 is 5.85. The number of carbonyl (C=O) groups is 1. The van der Waals surface area contributed by atoms with E-state index in [1.165, 1.54) is 43.1 Å². The number of halogens is 2. The van der Waals surface area contributed by atoms with E-state index in [1.54, 1.807) is 6.26 Å². The van der Waals surface area contributed by atoms with Crippen molar-refractivity contribution in [3.8, 4) is 17.4 Å². The highest BCUT2D eigenvalue weighted by Gasteiger charge is 2.28. The van der Waals surface area contributed by atoms with Gasteiger partial charge < -0.3 is 14.9 Å². The molecule has 1 atom stereocenters. The van der Waals surface area contributed by atoms with Crippen LogP contribution < -0.4 is 0 Å². The third-order valence-corrected chi connectivity index (χ3v) is 4.38. The zero-order valence-electron chi connectivity index (χ0n) is 11.7. The third-order valence-electron chi connectivity index (χ3n) is 3.02. The zero-order valence-corrected chi connectivity index (χ0v) is 14.0. The first-order chi connectivity index (χ1) is 10.4. The van der Waals surface area contributed by atoms with E-state index in [0.717, 1.165) is 4.57 Å². The van der Waals surface area contributed by atoms with Crippen LogP contribution in [0.15, 0.2) is 24.3 Å². The Morgan fingerprint density at radius 3 is 2.32 bits per heavy atom. The van der Waals surface area contributed by atoms with E-state index >= 15 is 0 Å². The van der Waals surface area contributed by atoms with Gasteiger partial charge in [-0.2, -0.15) is 0 Å². The van der Waals surface area contributed by atoms with Crippen LogP contribution in [0.5, 0.6) is 11.8 Å². The van der Waals surface area contributed by atoms with Crippen molar-refractivity contribution >= 4 is 40.9 Å². The lowest BCUT2D eigenvalue weighted by Crippen LogP contribution is -2.10. The van der Waals surface area contributed by atoms with Crippen molar-refractivity contribution in [1.82, 2.24) is 4.57 Å². The Kier molecular flexibility index (Phi) is 5.16. The molecule has 2 aromatic rings. The van der Waals surface area contributed by atoms with Gasteiger partial charge in [0.1, 0.15) is 5.25 Å². The minimum atomic E-state index is -0.758. The Morgan fingerprint density at radius 2 is 1.82 bits per heavy atom. The van der Waals surface area contributed by atoms with E-state index in [0.29, 0.717) is 15.7 Å². The lowest BCUT2D eigenvalue weighted by Gasteiger charge is -2.12. The van der Waals surface area contributed by atoms with Crippen molar-refractivity contribution in [2.75, 3.05) is 13.4 Å². The number of ether oxygens (including phenoxy) is 1. The second-order valence-electron chi connectivity index (χ2n) is 4.38. The Hall–Kier alpha value is -1.50. The molecule has 0 saturated carbocycles. The molecule has 1 unspecified atom stereocenters. The van der Waals surface area contributed by atoms with Gasteiger partial charge in [0.2, 0.25) is 5.88 Å². The molecule has 0 saturated heterocycles. The van der Waals surface area contributed by atoms with Crippen molar-refractivity contribution in [3.63, 3.8) is 0 Å². The van der Waals surface area contributed by atoms with Crippen molar-refractivity contribution in [1.29, 1.82) is 0 Å². The van der Waals surface area contributed by atoms with Crippen LogP contribution in [-0.4, -0.2) is 34.1 Å². The molecule has 118 valence electrons. The Balaban J connectivity index is 2.58. The fourth-order valence-corrected chi connectivity index (χ4v) is 3.31. The summed E-state index contributed by atoms with van der Waals surface area (Å²) in [6.45, 7) is 0. The number of hydrogen-bond donors (Lipinski definition) is 2. The van der Waals surface area contributed by atoms with Crippen LogP contribution in [0.2, 0.25) is 10.0 Å². The van der Waals surface area contributed by atoms with Gasteiger partial charge in [0, 0.05) is 21.7 Å². The highest BCUT2D eigenvalue weighted by atomic mass is 35.5. The van der Waals surface area contributed by atoms with E-state index in [2.05, 4.69) is 0 Å². The molecular weight excluding hydrogens is 349 g/mol. The van der Waals surface area contributed by atoms with Crippen LogP contribution in [0.4, 0.5) is 0 Å². The van der Waals surface area contributed by atoms with Crippen LogP contribution in [-0.2, 0) is 9.53 Å². The lowest BCUT2D eigenvalue weighted by atomic mass is 10.2. The molecule has 1 heterocycles. The van der Waals surface area contributed by atoms with Gasteiger partial charge in [-0.25, -0.2) is 0 Å². The Morgan fingerprint density at radius 1 is 1.23 bits per heavy atom. The second kappa shape index (κ2) is 6.73. The van der Waals surface area contributed by atoms with Crippen molar-refractivity contribution in [3.05, 3.63) is 39.9 Å². The van der Waals surface area contributed by atoms with Gasteiger partial charge in [0.25, 0.3) is 0 Å². The average molecular weight is 362 g/mol. The summed E-state index contributed by atoms with van der Waals surface area (Å²) in [5.41, 5.74) is 0.622. The van der Waals surface area contributed by atoms with Gasteiger partial charge in [0.05, 0.1) is 12.8 Å². The van der Waals surface area contributed by atoms with Crippen molar-refractivity contribution in [2.24, 2.45) is 0 Å². The number of aromatic hydroxyl groups is 2. The summed E-state index contributed by atoms with van der Waals surface area (Å²) in [6, 6.07) is 5.90. The number of methoxy groups -OCH3 is 1. The maximum atomic E-state index is 11.8. The van der Waals surface area contributed by atoms with Gasteiger partial charge in [0.15, 0.2) is 5.88 Å². The highest BCUT2D eigenvalue weighted by Crippen LogP contribution is 2.41. The van der Waals surface area contributed by atoms with Gasteiger partial charge in [-0.3, -0.25) is 9.36 Å². The number of benzene rings is 1. The highest BCUT2D eigenvalue weighted by molar-refractivity contribution is 7.99. The monoisotopic (exact) mass is 361 g/mol. The largest absolute Gasteiger partial charge is 0.494 e. The van der Waals surface area contributed by atoms with Gasteiger partial charge in [-0.1, -0.05) is 23.2 Å². The summed E-state index contributed by atoms with van der Waals surface area (Å²) in [7, 11) is 1.26. The van der Waals surface area contributed by atoms with Crippen LogP contribution in [0.3, 0.4) is 0 Å². The fraction of sp³-hybridized carbons (Fsp3) is 0.214. The smallest absolute Gasteiger partial charge is 0.323 e. The molecule has 5 nitrogen and oxygen atoms in total. The van der Waals surface area contributed by atoms with Crippen LogP contribution in [0, 0.1) is 0 Å². The molecule has 0 bridgehead atoms. The average Bonchev–Trinajstić information content (AvgIpc) is 2.73. The molecule has 8 heteroatoms. The number of nitrogens with zero attached hydrogens (tertiary/aromatic N) is 1. The van der Waals surface area contributed by atoms with Crippen molar-refractivity contribution in [2.45, 2.75) is 5.25 Å². The minimum absolute atomic E-state index is 0.242. The van der Waals surface area contributed by atoms with Gasteiger partial charge in [-0.05, 0) is 24.5 Å². The van der Waals surface area contributed by atoms with E-state index in [1.807, 2.05) is 0 Å². The third kappa shape index (κ3) is 3.14. The molecular formula is C14H13Cl2NO4S. The van der Waals surface area contributed by atoms with Gasteiger partial charge in [-0.15, -0.1) is 11.8 Å². The SMILES string of the molecule is COC(=O)C(SC)c1cc(O)n(-c2cc(Cl)cc(Cl)c2)c1O. The summed E-state index contributed by atoms with van der Waals surface area (Å²) in [4.78, 5) is 11.8. The first kappa shape index (κ1) is 16.9. The minimum Gasteiger partial charge on any atom is -0.494 e. The molecule has 0 aliphatic carbocycles. The van der Waals surface area contributed by atoms with Crippen LogP contribution >= 0.6 is 35.0 Å². The topological polar surface area (TPSA) is 71.7 Å². The number of esters is 1. The van der Waals surface area contributed by atoms with E-state index in [4.69, 9.17) is 27.9 Å². The number of rotatable bonds is 4. The molecule has 22 heavy (non-hydrogen) atoms. The summed E-state index contributed by atoms with van der Waals surface area (Å²) >= 11 is 13.1. The molecule has 1 aromatic carbocycles. The van der Waals surface area contributed by atoms with E-state index in [9.17, 15) is 15.0 Å². The number of thioether (sulfide) groups is 1. The molecule has 0 aliphatic rings. The van der Waals surface area contributed by atoms with Crippen LogP contribution in [0.25, 0.3) is 5.69 Å². The molecule has 0 amide bonds. The standard InChI is InChI=1S/C14H13Cl2NO4S/c1-21-14(20)12(22-2)10-6-11(18)17(13(10)19)9-4-7(15)3-8(16)5-9/h3-6,12,18-19H,1-2H3. The summed E-state index contributed by atoms with van der Waals surface area (Å²) in [6.07, 6.45) is 1.70. The molecule has 2 N–H and O–H groups in total. The quantitative estimate of drug-likeness (QED) is 0.810. The first-order valence-corrected chi connectivity index (χ1v) is 8.14. The summed E-state index contributed by atoms with van der Waals surface area (Å²) in [5, 5.41) is 20.4. The second-order valence-corrected chi connectivity index (χ2v) is 6.20. The predicted octanol–water partition coefficient (Wildman–Crippen LogP) is 3.77. The molecule has 0 spiro atoms. The fourth-order valence-electron chi connectivity index (χ4n) is 2.08. The Labute approximate surface area is 141 Å². The van der Waals surface area contributed by atoms with Crippen molar-refractivity contribution < 1.29 is 19.7 Å². The zero-order chi connectivity index (χ0) is 16.4. The Bertz CT molecular complexity index is 697. The first-order valence-electron chi connectivity index (χ1n) is 6.09. The number of hydrogen-bond acceptors (Lipinski definition) is 5. The molecule has 0 fully saturated rings. The van der Waals surface area contributed by atoms with Crippen LogP contribution in [0.1, 0.15) is 10.8 Å². The molecule has 1 aromatic heterocycles. The lowest BCUT2D eigenvalue weighted by molar-refractivity contribution is -0.140.